The minimum atomic E-state index is -1.93. The summed E-state index contributed by atoms with van der Waals surface area (Å²) in [6, 6.07) is 19.0. The van der Waals surface area contributed by atoms with Crippen molar-refractivity contribution >= 4 is 59.1 Å². The summed E-state index contributed by atoms with van der Waals surface area (Å²) in [5, 5.41) is 1.39. The zero-order valence-corrected chi connectivity index (χ0v) is 17.4. The van der Waals surface area contributed by atoms with E-state index in [9.17, 15) is 9.59 Å². The quantitative estimate of drug-likeness (QED) is 0.416. The molecule has 0 N–H and O–H groups in total. The van der Waals surface area contributed by atoms with Gasteiger partial charge in [0.1, 0.15) is 0 Å². The molecule has 0 spiro atoms. The smallest absolute Gasteiger partial charge is 0.199 e. The molecule has 0 fully saturated rings. The third kappa shape index (κ3) is 4.10. The summed E-state index contributed by atoms with van der Waals surface area (Å²) in [6.07, 6.45) is 0. The maximum absolute atomic E-state index is 13.5. The number of carbonyl (C=O) groups is 2. The van der Waals surface area contributed by atoms with Crippen LogP contribution in [-0.2, 0) is 0 Å². The molecule has 0 aliphatic rings. The van der Waals surface area contributed by atoms with Crippen molar-refractivity contribution in [1.82, 2.24) is 0 Å². The van der Waals surface area contributed by atoms with E-state index in [2.05, 4.69) is 0 Å². The topological polar surface area (TPSA) is 34.1 Å². The Bertz CT molecular complexity index is 915. The molecule has 2 nitrogen and oxygen atoms in total. The Morgan fingerprint density at radius 2 is 1.15 bits per heavy atom. The summed E-state index contributed by atoms with van der Waals surface area (Å²) in [6.45, 7) is 1.80. The van der Waals surface area contributed by atoms with Gasteiger partial charge in [0.05, 0.1) is 28.6 Å². The summed E-state index contributed by atoms with van der Waals surface area (Å²) >= 11 is 18.8. The molecule has 0 bridgehead atoms. The van der Waals surface area contributed by atoms with Crippen LogP contribution in [0.3, 0.4) is 0 Å². The van der Waals surface area contributed by atoms with Crippen LogP contribution in [0, 0.1) is 6.92 Å². The molecule has 0 heterocycles. The molecule has 0 aliphatic heterocycles. The van der Waals surface area contributed by atoms with Crippen molar-refractivity contribution in [1.29, 1.82) is 0 Å². The van der Waals surface area contributed by atoms with Crippen molar-refractivity contribution < 1.29 is 9.59 Å². The van der Waals surface area contributed by atoms with Crippen LogP contribution in [0.25, 0.3) is 0 Å². The molecule has 3 aromatic rings. The normalized spacial score (nSPS) is 11.9. The van der Waals surface area contributed by atoms with Crippen LogP contribution in [0.4, 0.5) is 0 Å². The van der Waals surface area contributed by atoms with E-state index in [-0.39, 0.29) is 21.1 Å². The molecule has 0 aromatic heterocycles. The molecule has 0 aliphatic carbocycles. The molecule has 1 atom stereocenters. The first-order valence-electron chi connectivity index (χ1n) is 8.04. The minimum absolute atomic E-state index is 0.161. The maximum Gasteiger partial charge on any atom is 0.199 e. The first-order chi connectivity index (χ1) is 12.9. The molecule has 3 rings (SSSR count). The molecule has 0 saturated heterocycles. The van der Waals surface area contributed by atoms with Gasteiger partial charge in [-0.25, -0.2) is 0 Å². The van der Waals surface area contributed by atoms with Crippen LogP contribution in [0.1, 0.15) is 26.3 Å². The number of carbonyl (C=O) groups excluding carboxylic acids is 2. The van der Waals surface area contributed by atoms with Gasteiger partial charge in [-0.3, -0.25) is 9.59 Å². The van der Waals surface area contributed by atoms with Crippen LogP contribution in [0.5, 0.6) is 0 Å². The number of benzene rings is 3. The van der Waals surface area contributed by atoms with E-state index in [0.29, 0.717) is 21.5 Å². The van der Waals surface area contributed by atoms with E-state index >= 15 is 0 Å². The van der Waals surface area contributed by atoms with Gasteiger partial charge in [0.15, 0.2) is 11.0 Å². The highest BCUT2D eigenvalue weighted by Crippen LogP contribution is 2.46. The third-order valence-corrected chi connectivity index (χ3v) is 7.05. The van der Waals surface area contributed by atoms with Crippen LogP contribution in [0.2, 0.25) is 15.1 Å². The van der Waals surface area contributed by atoms with E-state index in [0.717, 1.165) is 0 Å². The van der Waals surface area contributed by atoms with Crippen LogP contribution >= 0.6 is 42.7 Å². The molecule has 6 heteroatoms. The number of halogens is 3. The van der Waals surface area contributed by atoms with Crippen molar-refractivity contribution in [3.8, 4) is 0 Å². The average molecular weight is 436 g/mol. The number of aryl methyl sites for hydroxylation is 1. The fourth-order valence-corrected chi connectivity index (χ4v) is 5.92. The van der Waals surface area contributed by atoms with Gasteiger partial charge in [-0.15, -0.1) is 0 Å². The average Bonchev–Trinajstić information content (AvgIpc) is 2.62. The van der Waals surface area contributed by atoms with Crippen molar-refractivity contribution in [3.63, 3.8) is 0 Å². The van der Waals surface area contributed by atoms with Crippen molar-refractivity contribution in [2.24, 2.45) is 0 Å². The largest absolute Gasteiger partial charge is 0.288 e. The van der Waals surface area contributed by atoms with Gasteiger partial charge in [-0.05, 0) is 36.0 Å². The molecular formula is C21H14Cl3O2P. The Labute approximate surface area is 173 Å². The molecular weight excluding hydrogens is 422 g/mol. The molecule has 0 radical (unpaired) electrons. The summed E-state index contributed by atoms with van der Waals surface area (Å²) < 4.78 is 0. The minimum Gasteiger partial charge on any atom is -0.288 e. The molecule has 0 amide bonds. The van der Waals surface area contributed by atoms with Gasteiger partial charge in [0.2, 0.25) is 0 Å². The second-order valence-corrected chi connectivity index (χ2v) is 9.03. The van der Waals surface area contributed by atoms with Crippen LogP contribution in [-0.4, -0.2) is 11.0 Å². The second kappa shape index (κ2) is 8.54. The number of hydrogen-bond donors (Lipinski definition) is 0. The Morgan fingerprint density at radius 1 is 0.667 bits per heavy atom. The van der Waals surface area contributed by atoms with Crippen molar-refractivity contribution in [2.75, 3.05) is 0 Å². The predicted octanol–water partition coefficient (Wildman–Crippen LogP) is 6.74. The van der Waals surface area contributed by atoms with Crippen molar-refractivity contribution in [3.05, 3.63) is 98.5 Å². The predicted molar refractivity (Wildman–Crippen MR) is 114 cm³/mol. The summed E-state index contributed by atoms with van der Waals surface area (Å²) in [4.78, 5) is 26.9. The van der Waals surface area contributed by atoms with Gasteiger partial charge in [-0.2, -0.15) is 0 Å². The highest BCUT2D eigenvalue weighted by atomic mass is 35.5. The Balaban J connectivity index is 2.19. The lowest BCUT2D eigenvalue weighted by molar-refractivity contribution is 0.105. The van der Waals surface area contributed by atoms with Gasteiger partial charge < -0.3 is 0 Å². The van der Waals surface area contributed by atoms with Gasteiger partial charge in [-0.1, -0.05) is 83.3 Å². The molecule has 136 valence electrons. The fraction of sp³-hybridized carbons (Fsp3) is 0.0476. The van der Waals surface area contributed by atoms with E-state index < -0.39 is 13.4 Å². The van der Waals surface area contributed by atoms with E-state index in [1.54, 1.807) is 67.6 Å². The first kappa shape index (κ1) is 20.0. The third-order valence-electron chi connectivity index (χ3n) is 4.03. The second-order valence-electron chi connectivity index (χ2n) is 5.81. The van der Waals surface area contributed by atoms with E-state index in [1.165, 1.54) is 0 Å². The zero-order valence-electron chi connectivity index (χ0n) is 14.2. The van der Waals surface area contributed by atoms with Gasteiger partial charge in [0, 0.05) is 5.56 Å². The maximum atomic E-state index is 13.5. The summed E-state index contributed by atoms with van der Waals surface area (Å²) in [5.41, 5.74) is 0.518. The van der Waals surface area contributed by atoms with Gasteiger partial charge in [0.25, 0.3) is 0 Å². The molecule has 1 unspecified atom stereocenters. The standard InChI is InChI=1S/C21H14Cl3O2P/c1-13-7-5-10-15(22)18(13)20(25)27(14-8-3-2-4-9-14)21(26)19-16(23)11-6-12-17(19)24/h2-12H,1H3. The highest BCUT2D eigenvalue weighted by molar-refractivity contribution is 7.96. The number of hydrogen-bond acceptors (Lipinski definition) is 2. The SMILES string of the molecule is Cc1cccc(Cl)c1C(=O)P(C(=O)c1c(Cl)cccc1Cl)c1ccccc1. The monoisotopic (exact) mass is 434 g/mol. The highest BCUT2D eigenvalue weighted by Gasteiger charge is 2.34. The van der Waals surface area contributed by atoms with Crippen molar-refractivity contribution in [2.45, 2.75) is 6.92 Å². The lowest BCUT2D eigenvalue weighted by Crippen LogP contribution is -2.17. The Kier molecular flexibility index (Phi) is 6.34. The lowest BCUT2D eigenvalue weighted by Gasteiger charge is -2.18. The molecule has 3 aromatic carbocycles. The van der Waals surface area contributed by atoms with Crippen LogP contribution < -0.4 is 5.30 Å². The molecule has 0 saturated carbocycles. The Morgan fingerprint density at radius 3 is 1.70 bits per heavy atom. The zero-order chi connectivity index (χ0) is 19.6. The lowest BCUT2D eigenvalue weighted by atomic mass is 10.1. The number of rotatable bonds is 5. The fourth-order valence-electron chi connectivity index (χ4n) is 2.73. The van der Waals surface area contributed by atoms with E-state index in [4.69, 9.17) is 34.8 Å². The summed E-state index contributed by atoms with van der Waals surface area (Å²) in [5.74, 6) is 0. The van der Waals surface area contributed by atoms with E-state index in [1.807, 2.05) is 6.07 Å². The summed E-state index contributed by atoms with van der Waals surface area (Å²) in [7, 11) is -1.93. The van der Waals surface area contributed by atoms with Crippen LogP contribution in [0.15, 0.2) is 66.7 Å². The first-order valence-corrected chi connectivity index (χ1v) is 10.5. The molecule has 27 heavy (non-hydrogen) atoms. The van der Waals surface area contributed by atoms with Gasteiger partial charge >= 0.3 is 0 Å². The Hall–Kier alpha value is -1.70.